The van der Waals surface area contributed by atoms with E-state index >= 15 is 0 Å². The van der Waals surface area contributed by atoms with Crippen LogP contribution in [0.4, 0.5) is 4.79 Å². The molecule has 236 valence electrons. The van der Waals surface area contributed by atoms with E-state index in [1.54, 1.807) is 87.5 Å². The number of benzene rings is 3. The molecule has 1 saturated heterocycles. The molecule has 10 nitrogen and oxygen atoms in total. The van der Waals surface area contributed by atoms with E-state index in [9.17, 15) is 24.6 Å². The first-order valence-corrected chi connectivity index (χ1v) is 15.7. The molecule has 2 heterocycles. The summed E-state index contributed by atoms with van der Waals surface area (Å²) < 4.78 is 11.9. The van der Waals surface area contributed by atoms with Gasteiger partial charge >= 0.3 is 6.09 Å². The molecule has 0 radical (unpaired) electrons. The Bertz CT molecular complexity index is 1680. The molecule has 11 heteroatoms. The molecule has 45 heavy (non-hydrogen) atoms. The summed E-state index contributed by atoms with van der Waals surface area (Å²) in [7, 11) is 0. The molecule has 0 bridgehead atoms. The largest absolute Gasteiger partial charge is 0.508 e. The Kier molecular flexibility index (Phi) is 9.60. The summed E-state index contributed by atoms with van der Waals surface area (Å²) in [6.07, 6.45) is 1.82. The van der Waals surface area contributed by atoms with Crippen molar-refractivity contribution in [3.63, 3.8) is 0 Å². The Labute approximate surface area is 265 Å². The highest BCUT2D eigenvalue weighted by molar-refractivity contribution is 7.22. The standard InChI is InChI=1S/C34H37N3O7S/c1-34(2,3)44-33(42)36-35-32(41)27-6-4-5-17-37(27)18-19-43-25-14-9-21(10-15-25)30(40)29-26-16-13-24(39)20-28(26)45-31(29)22-7-11-23(38)12-8-22/h7-16,20,27,38-39H,4-6,17-19H2,1-3H3,(H,35,41)(H,36,42)/t27-/m0/s1. The number of ketones is 1. The van der Waals surface area contributed by atoms with E-state index < -0.39 is 17.7 Å². The van der Waals surface area contributed by atoms with Crippen molar-refractivity contribution in [2.24, 2.45) is 0 Å². The molecule has 3 aromatic carbocycles. The van der Waals surface area contributed by atoms with Crippen LogP contribution in [0.15, 0.2) is 66.7 Å². The third kappa shape index (κ3) is 7.92. The number of hydrogen-bond acceptors (Lipinski definition) is 9. The monoisotopic (exact) mass is 631 g/mol. The Hall–Kier alpha value is -4.61. The van der Waals surface area contributed by atoms with Crippen molar-refractivity contribution in [1.29, 1.82) is 0 Å². The molecule has 1 aliphatic heterocycles. The van der Waals surface area contributed by atoms with Crippen LogP contribution < -0.4 is 15.6 Å². The van der Waals surface area contributed by atoms with Crippen molar-refractivity contribution in [2.75, 3.05) is 19.7 Å². The lowest BCUT2D eigenvalue weighted by Gasteiger charge is -2.34. The van der Waals surface area contributed by atoms with Crippen LogP contribution in [0, 0.1) is 0 Å². The van der Waals surface area contributed by atoms with Gasteiger partial charge in [-0.15, -0.1) is 11.3 Å². The number of nitrogens with one attached hydrogen (secondary N) is 2. The lowest BCUT2D eigenvalue weighted by molar-refractivity contribution is -0.128. The van der Waals surface area contributed by atoms with Crippen LogP contribution in [0.1, 0.15) is 56.0 Å². The quantitative estimate of drug-likeness (QED) is 0.137. The smallest absolute Gasteiger partial charge is 0.426 e. The van der Waals surface area contributed by atoms with Crippen LogP contribution in [-0.2, 0) is 9.53 Å². The maximum absolute atomic E-state index is 13.8. The zero-order chi connectivity index (χ0) is 32.1. The molecule has 1 fully saturated rings. The lowest BCUT2D eigenvalue weighted by Crippen LogP contribution is -2.55. The lowest BCUT2D eigenvalue weighted by atomic mass is 9.97. The third-order valence-corrected chi connectivity index (χ3v) is 8.60. The van der Waals surface area contributed by atoms with Gasteiger partial charge in [0.05, 0.1) is 6.04 Å². The van der Waals surface area contributed by atoms with Crippen molar-refractivity contribution in [2.45, 2.75) is 51.7 Å². The van der Waals surface area contributed by atoms with Gasteiger partial charge in [0.15, 0.2) is 5.78 Å². The molecule has 4 aromatic rings. The minimum atomic E-state index is -0.716. The van der Waals surface area contributed by atoms with E-state index in [2.05, 4.69) is 10.9 Å². The summed E-state index contributed by atoms with van der Waals surface area (Å²) in [6, 6.07) is 18.2. The van der Waals surface area contributed by atoms with Gasteiger partial charge in [-0.2, -0.15) is 0 Å². The normalized spacial score (nSPS) is 15.4. The zero-order valence-corrected chi connectivity index (χ0v) is 26.3. The number of aromatic hydroxyl groups is 2. The van der Waals surface area contributed by atoms with Crippen molar-refractivity contribution in [3.8, 4) is 27.7 Å². The third-order valence-electron chi connectivity index (χ3n) is 7.40. The molecular weight excluding hydrogens is 594 g/mol. The Balaban J connectivity index is 1.22. The molecule has 1 aromatic heterocycles. The van der Waals surface area contributed by atoms with Gasteiger partial charge in [-0.3, -0.25) is 19.9 Å². The Morgan fingerprint density at radius 1 is 0.933 bits per heavy atom. The highest BCUT2D eigenvalue weighted by Crippen LogP contribution is 2.41. The second-order valence-electron chi connectivity index (χ2n) is 11.9. The number of phenolic OH excluding ortho intramolecular Hbond substituents is 2. The molecule has 0 aliphatic carbocycles. The summed E-state index contributed by atoms with van der Waals surface area (Å²) in [5, 5.41) is 20.5. The number of likely N-dealkylation sites (tertiary alicyclic amines) is 1. The van der Waals surface area contributed by atoms with Gasteiger partial charge in [-0.1, -0.05) is 6.42 Å². The number of hydrogen-bond donors (Lipinski definition) is 4. The highest BCUT2D eigenvalue weighted by atomic mass is 32.1. The molecule has 0 unspecified atom stereocenters. The van der Waals surface area contributed by atoms with Gasteiger partial charge in [0.2, 0.25) is 0 Å². The summed E-state index contributed by atoms with van der Waals surface area (Å²) in [5.41, 5.74) is 5.93. The van der Waals surface area contributed by atoms with Crippen LogP contribution in [0.3, 0.4) is 0 Å². The topological polar surface area (TPSA) is 137 Å². The number of piperidine rings is 1. The van der Waals surface area contributed by atoms with E-state index in [1.165, 1.54) is 11.3 Å². The first-order valence-electron chi connectivity index (χ1n) is 14.8. The Morgan fingerprint density at radius 3 is 2.36 bits per heavy atom. The number of phenols is 2. The van der Waals surface area contributed by atoms with Crippen LogP contribution in [0.25, 0.3) is 20.5 Å². The number of fused-ring (bicyclic) bond motifs is 1. The summed E-state index contributed by atoms with van der Waals surface area (Å²) >= 11 is 1.41. The zero-order valence-electron chi connectivity index (χ0n) is 25.5. The average Bonchev–Trinajstić information content (AvgIpc) is 3.38. The van der Waals surface area contributed by atoms with Gasteiger partial charge in [-0.05, 0) is 112 Å². The van der Waals surface area contributed by atoms with Gasteiger partial charge in [0.1, 0.15) is 29.5 Å². The van der Waals surface area contributed by atoms with Crippen LogP contribution in [0.5, 0.6) is 17.2 Å². The van der Waals surface area contributed by atoms with E-state index in [-0.39, 0.29) is 23.2 Å². The predicted octanol–water partition coefficient (Wildman–Crippen LogP) is 6.00. The minimum absolute atomic E-state index is 0.121. The second kappa shape index (κ2) is 13.6. The number of ether oxygens (including phenoxy) is 2. The Morgan fingerprint density at radius 2 is 1.64 bits per heavy atom. The van der Waals surface area contributed by atoms with Crippen LogP contribution >= 0.6 is 11.3 Å². The fourth-order valence-corrected chi connectivity index (χ4v) is 6.55. The summed E-state index contributed by atoms with van der Waals surface area (Å²) in [5.74, 6) is 0.385. The molecule has 1 atom stereocenters. The highest BCUT2D eigenvalue weighted by Gasteiger charge is 2.29. The molecule has 2 amide bonds. The van der Waals surface area contributed by atoms with E-state index in [1.807, 2.05) is 4.90 Å². The van der Waals surface area contributed by atoms with Gasteiger partial charge in [0, 0.05) is 32.6 Å². The van der Waals surface area contributed by atoms with Crippen molar-refractivity contribution in [1.82, 2.24) is 15.8 Å². The van der Waals surface area contributed by atoms with Crippen molar-refractivity contribution < 1.29 is 34.1 Å². The van der Waals surface area contributed by atoms with E-state index in [0.29, 0.717) is 36.4 Å². The van der Waals surface area contributed by atoms with E-state index in [4.69, 9.17) is 9.47 Å². The van der Waals surface area contributed by atoms with Gasteiger partial charge < -0.3 is 19.7 Å². The summed E-state index contributed by atoms with van der Waals surface area (Å²) in [6.45, 7) is 6.82. The number of thiophene rings is 1. The molecule has 4 N–H and O–H groups in total. The van der Waals surface area contributed by atoms with Gasteiger partial charge in [-0.25, -0.2) is 10.2 Å². The summed E-state index contributed by atoms with van der Waals surface area (Å²) in [4.78, 5) is 41.4. The number of carbonyl (C=O) groups excluding carboxylic acids is 3. The molecular formula is C34H37N3O7S. The maximum Gasteiger partial charge on any atom is 0.426 e. The molecule has 1 aliphatic rings. The number of rotatable bonds is 8. The maximum atomic E-state index is 13.8. The average molecular weight is 632 g/mol. The van der Waals surface area contributed by atoms with Crippen LogP contribution in [0.2, 0.25) is 0 Å². The number of hydrazine groups is 1. The predicted molar refractivity (Wildman–Crippen MR) is 173 cm³/mol. The fourth-order valence-electron chi connectivity index (χ4n) is 5.31. The van der Waals surface area contributed by atoms with Crippen molar-refractivity contribution >= 4 is 39.2 Å². The van der Waals surface area contributed by atoms with Crippen LogP contribution in [-0.4, -0.2) is 64.2 Å². The molecule has 5 rings (SSSR count). The number of amides is 2. The minimum Gasteiger partial charge on any atom is -0.508 e. The van der Waals surface area contributed by atoms with Crippen molar-refractivity contribution in [3.05, 3.63) is 77.9 Å². The molecule has 0 spiro atoms. The van der Waals surface area contributed by atoms with Gasteiger partial charge in [0.25, 0.3) is 5.91 Å². The first-order chi connectivity index (χ1) is 21.5. The second-order valence-corrected chi connectivity index (χ2v) is 13.0. The van der Waals surface area contributed by atoms with E-state index in [0.717, 1.165) is 39.9 Å². The first kappa shape index (κ1) is 31.8. The molecule has 0 saturated carbocycles. The fraction of sp³-hybridized carbons (Fsp3) is 0.324. The number of nitrogens with zero attached hydrogens (tertiary/aromatic N) is 1. The SMILES string of the molecule is CC(C)(C)OC(=O)NNC(=O)[C@@H]1CCCCN1CCOc1ccc(C(=O)c2c(-c3ccc(O)cc3)sc3cc(O)ccc23)cc1. The number of carbonyl (C=O) groups is 3.